The largest absolute Gasteiger partial charge is 0.472 e. The average Bonchev–Trinajstić information content (AvgIpc) is 3.46. The highest BCUT2D eigenvalue weighted by Crippen LogP contribution is 2.31. The molecule has 1 aromatic rings. The minimum absolute atomic E-state index is 0.0175. The van der Waals surface area contributed by atoms with E-state index in [9.17, 15) is 18.0 Å². The van der Waals surface area contributed by atoms with E-state index in [0.29, 0.717) is 51.1 Å². The smallest absolute Gasteiger partial charge is 0.431 e. The van der Waals surface area contributed by atoms with E-state index in [0.717, 1.165) is 24.8 Å². The Morgan fingerprint density at radius 1 is 1.31 bits per heavy atom. The molecule has 1 saturated carbocycles. The molecule has 1 amide bonds. The van der Waals surface area contributed by atoms with Crippen LogP contribution in [0.1, 0.15) is 57.4 Å². The number of carbonyl (C=O) groups excluding carboxylic acids is 1. The summed E-state index contributed by atoms with van der Waals surface area (Å²) < 4.78 is 50.0. The Kier molecular flexibility index (Phi) is 8.39. The summed E-state index contributed by atoms with van der Waals surface area (Å²) in [5, 5.41) is 0. The molecule has 178 valence electrons. The number of aliphatic imine (C=N–C) groups is 1. The van der Waals surface area contributed by atoms with Crippen molar-refractivity contribution in [2.45, 2.75) is 70.7 Å². The van der Waals surface area contributed by atoms with Crippen molar-refractivity contribution in [3.63, 3.8) is 0 Å². The summed E-state index contributed by atoms with van der Waals surface area (Å²) in [7, 11) is 0. The van der Waals surface area contributed by atoms with Gasteiger partial charge < -0.3 is 19.8 Å². The second kappa shape index (κ2) is 11.0. The molecule has 1 saturated heterocycles. The normalized spacial score (nSPS) is 23.4. The molecule has 2 unspecified atom stereocenters. The summed E-state index contributed by atoms with van der Waals surface area (Å²) in [6.45, 7) is 3.78. The standard InChI is InChI=1S/C23H32F3N3O3/c1-16(8-10-28-20-7-3-2-6-19(20)21(27)23(24,25)26)22(30)29(13-17-9-12-31-15-17)14-18-5-4-11-32-18/h9,12,15-16,18H,2-8,10-11,13-14,27H2,1H3. The number of carbonyl (C=O) groups is 1. The summed E-state index contributed by atoms with van der Waals surface area (Å²) in [6.07, 6.45) is 3.28. The number of alkyl halides is 3. The molecule has 2 atom stereocenters. The summed E-state index contributed by atoms with van der Waals surface area (Å²) in [4.78, 5) is 19.4. The number of furan rings is 1. The molecule has 0 aromatic carbocycles. The van der Waals surface area contributed by atoms with Gasteiger partial charge in [0.1, 0.15) is 5.70 Å². The number of nitrogens with two attached hydrogens (primary N) is 1. The van der Waals surface area contributed by atoms with E-state index in [1.807, 2.05) is 13.0 Å². The van der Waals surface area contributed by atoms with Crippen LogP contribution in [0.5, 0.6) is 0 Å². The Morgan fingerprint density at radius 3 is 2.75 bits per heavy atom. The minimum atomic E-state index is -4.55. The molecular weight excluding hydrogens is 423 g/mol. The average molecular weight is 456 g/mol. The molecule has 1 aromatic heterocycles. The van der Waals surface area contributed by atoms with Crippen molar-refractivity contribution >= 4 is 11.6 Å². The molecule has 0 bridgehead atoms. The quantitative estimate of drug-likeness (QED) is 0.621. The van der Waals surface area contributed by atoms with E-state index in [2.05, 4.69) is 4.99 Å². The number of nitrogens with zero attached hydrogens (tertiary/aromatic N) is 2. The number of halogens is 3. The second-order valence-electron chi connectivity index (χ2n) is 8.60. The summed E-state index contributed by atoms with van der Waals surface area (Å²) in [6, 6.07) is 1.83. The Balaban J connectivity index is 1.63. The second-order valence-corrected chi connectivity index (χ2v) is 8.60. The van der Waals surface area contributed by atoms with Crippen LogP contribution in [-0.4, -0.2) is 48.5 Å². The van der Waals surface area contributed by atoms with Crippen molar-refractivity contribution in [1.82, 2.24) is 4.90 Å². The van der Waals surface area contributed by atoms with Crippen LogP contribution in [0.25, 0.3) is 0 Å². The Bertz CT molecular complexity index is 812. The van der Waals surface area contributed by atoms with Gasteiger partial charge in [-0.1, -0.05) is 6.92 Å². The van der Waals surface area contributed by atoms with Crippen LogP contribution >= 0.6 is 0 Å². The predicted octanol–water partition coefficient (Wildman–Crippen LogP) is 4.60. The van der Waals surface area contributed by atoms with Crippen LogP contribution in [-0.2, 0) is 16.1 Å². The van der Waals surface area contributed by atoms with Crippen LogP contribution in [0.4, 0.5) is 13.2 Å². The molecule has 6 nitrogen and oxygen atoms in total. The van der Waals surface area contributed by atoms with Gasteiger partial charge in [-0.05, 0) is 51.0 Å². The van der Waals surface area contributed by atoms with Crippen molar-refractivity contribution in [1.29, 1.82) is 0 Å². The highest BCUT2D eigenvalue weighted by molar-refractivity contribution is 6.01. The molecule has 0 spiro atoms. The van der Waals surface area contributed by atoms with Gasteiger partial charge in [-0.15, -0.1) is 0 Å². The topological polar surface area (TPSA) is 81.1 Å². The van der Waals surface area contributed by atoms with Crippen molar-refractivity contribution in [3.8, 4) is 0 Å². The Morgan fingerprint density at radius 2 is 2.09 bits per heavy atom. The van der Waals surface area contributed by atoms with Gasteiger partial charge in [-0.25, -0.2) is 0 Å². The monoisotopic (exact) mass is 455 g/mol. The zero-order chi connectivity index (χ0) is 23.1. The fraction of sp³-hybridized carbons (Fsp3) is 0.652. The fourth-order valence-corrected chi connectivity index (χ4v) is 4.22. The first-order valence-electron chi connectivity index (χ1n) is 11.3. The van der Waals surface area contributed by atoms with Crippen LogP contribution < -0.4 is 5.73 Å². The minimum Gasteiger partial charge on any atom is -0.472 e. The zero-order valence-corrected chi connectivity index (χ0v) is 18.5. The van der Waals surface area contributed by atoms with E-state index in [4.69, 9.17) is 14.9 Å². The SMILES string of the molecule is CC(CCN=C1CCCCC1=C(N)C(F)(F)F)C(=O)N(Cc1ccoc1)CC1CCCO1. The van der Waals surface area contributed by atoms with Crippen molar-refractivity contribution in [2.75, 3.05) is 19.7 Å². The van der Waals surface area contributed by atoms with Crippen LogP contribution in [0.3, 0.4) is 0 Å². The van der Waals surface area contributed by atoms with Gasteiger partial charge in [-0.2, -0.15) is 13.2 Å². The lowest BCUT2D eigenvalue weighted by atomic mass is 9.91. The van der Waals surface area contributed by atoms with Crippen molar-refractivity contribution in [3.05, 3.63) is 35.4 Å². The number of hydrogen-bond donors (Lipinski definition) is 1. The van der Waals surface area contributed by atoms with Gasteiger partial charge >= 0.3 is 6.18 Å². The molecule has 0 radical (unpaired) electrons. The van der Waals surface area contributed by atoms with Crippen LogP contribution in [0.2, 0.25) is 0 Å². The number of allylic oxidation sites excluding steroid dienone is 2. The van der Waals surface area contributed by atoms with Gasteiger partial charge in [-0.3, -0.25) is 9.79 Å². The molecular formula is C23H32F3N3O3. The number of rotatable bonds is 8. The van der Waals surface area contributed by atoms with Crippen LogP contribution in [0, 0.1) is 5.92 Å². The maximum Gasteiger partial charge on any atom is 0.431 e. The van der Waals surface area contributed by atoms with Gasteiger partial charge in [0.15, 0.2) is 0 Å². The van der Waals surface area contributed by atoms with E-state index in [1.54, 1.807) is 17.4 Å². The molecule has 32 heavy (non-hydrogen) atoms. The van der Waals surface area contributed by atoms with Crippen molar-refractivity contribution in [2.24, 2.45) is 16.6 Å². The first-order valence-corrected chi connectivity index (χ1v) is 11.3. The van der Waals surface area contributed by atoms with Gasteiger partial charge in [0.2, 0.25) is 5.91 Å². The number of hydrogen-bond acceptors (Lipinski definition) is 5. The first kappa shape index (κ1) is 24.4. The predicted molar refractivity (Wildman–Crippen MR) is 115 cm³/mol. The summed E-state index contributed by atoms with van der Waals surface area (Å²) >= 11 is 0. The Labute approximate surface area is 186 Å². The number of ether oxygens (including phenoxy) is 1. The maximum absolute atomic E-state index is 13.2. The highest BCUT2D eigenvalue weighted by Gasteiger charge is 2.36. The van der Waals surface area contributed by atoms with E-state index in [-0.39, 0.29) is 30.0 Å². The fourth-order valence-electron chi connectivity index (χ4n) is 4.22. The summed E-state index contributed by atoms with van der Waals surface area (Å²) in [5.41, 5.74) is 5.78. The van der Waals surface area contributed by atoms with E-state index in [1.165, 1.54) is 0 Å². The maximum atomic E-state index is 13.2. The lowest BCUT2D eigenvalue weighted by Crippen LogP contribution is -2.40. The third-order valence-electron chi connectivity index (χ3n) is 6.07. The lowest BCUT2D eigenvalue weighted by molar-refractivity contribution is -0.137. The first-order chi connectivity index (χ1) is 15.3. The zero-order valence-electron chi connectivity index (χ0n) is 18.5. The molecule has 9 heteroatoms. The summed E-state index contributed by atoms with van der Waals surface area (Å²) in [5.74, 6) is -0.334. The van der Waals surface area contributed by atoms with E-state index >= 15 is 0 Å². The third kappa shape index (κ3) is 6.60. The molecule has 2 fully saturated rings. The Hall–Kier alpha value is -2.29. The van der Waals surface area contributed by atoms with E-state index < -0.39 is 11.9 Å². The molecule has 3 rings (SSSR count). The molecule has 1 aliphatic heterocycles. The molecule has 2 N–H and O–H groups in total. The number of amides is 1. The molecule has 1 aliphatic carbocycles. The van der Waals surface area contributed by atoms with Crippen molar-refractivity contribution < 1.29 is 27.1 Å². The third-order valence-corrected chi connectivity index (χ3v) is 6.07. The lowest BCUT2D eigenvalue weighted by Gasteiger charge is -2.28. The molecule has 2 aliphatic rings. The highest BCUT2D eigenvalue weighted by atomic mass is 19.4. The van der Waals surface area contributed by atoms with Crippen LogP contribution in [0.15, 0.2) is 39.3 Å². The van der Waals surface area contributed by atoms with Gasteiger partial charge in [0.25, 0.3) is 0 Å². The van der Waals surface area contributed by atoms with Gasteiger partial charge in [0, 0.05) is 49.0 Å². The van der Waals surface area contributed by atoms with Gasteiger partial charge in [0.05, 0.1) is 18.6 Å². The molecule has 2 heterocycles.